The summed E-state index contributed by atoms with van der Waals surface area (Å²) in [4.78, 5) is 7.89. The summed E-state index contributed by atoms with van der Waals surface area (Å²) in [6.07, 6.45) is 1.25. The van der Waals surface area contributed by atoms with Crippen LogP contribution >= 0.6 is 27.3 Å². The molecule has 0 radical (unpaired) electrons. The maximum absolute atomic E-state index is 6.08. The molecule has 6 heteroatoms. The van der Waals surface area contributed by atoms with E-state index in [-0.39, 0.29) is 0 Å². The first-order valence-electron chi connectivity index (χ1n) is 7.70. The fraction of sp³-hybridized carbons (Fsp3) is 0.733. The first kappa shape index (κ1) is 15.9. The summed E-state index contributed by atoms with van der Waals surface area (Å²) in [5.41, 5.74) is 6.08. The van der Waals surface area contributed by atoms with Crippen molar-refractivity contribution in [2.45, 2.75) is 25.4 Å². The molecule has 1 aromatic heterocycles. The molecular formula is C15H24BrN3OS. The van der Waals surface area contributed by atoms with Crippen molar-refractivity contribution in [3.8, 4) is 0 Å². The SMILES string of the molecule is Cc1sc(C(CN)N2CCC(N3CCOCC3)C2)cc1Br. The molecule has 2 unspecified atom stereocenters. The molecule has 2 atom stereocenters. The van der Waals surface area contributed by atoms with Gasteiger partial charge in [0, 0.05) is 53.0 Å². The van der Waals surface area contributed by atoms with Crippen LogP contribution in [0.4, 0.5) is 0 Å². The lowest BCUT2D eigenvalue weighted by molar-refractivity contribution is 0.0177. The second-order valence-electron chi connectivity index (χ2n) is 5.89. The molecule has 4 nitrogen and oxygen atoms in total. The van der Waals surface area contributed by atoms with E-state index in [1.165, 1.54) is 20.6 Å². The van der Waals surface area contributed by atoms with Gasteiger partial charge < -0.3 is 10.5 Å². The van der Waals surface area contributed by atoms with Crippen molar-refractivity contribution in [2.75, 3.05) is 45.9 Å². The summed E-state index contributed by atoms with van der Waals surface area (Å²) in [5.74, 6) is 0. The van der Waals surface area contributed by atoms with Gasteiger partial charge in [0.2, 0.25) is 0 Å². The molecule has 0 spiro atoms. The number of likely N-dealkylation sites (tertiary alicyclic amines) is 1. The Balaban J connectivity index is 1.65. The average molecular weight is 374 g/mol. The molecule has 2 aliphatic heterocycles. The van der Waals surface area contributed by atoms with Gasteiger partial charge in [-0.3, -0.25) is 9.80 Å². The van der Waals surface area contributed by atoms with Gasteiger partial charge in [-0.2, -0.15) is 0 Å². The smallest absolute Gasteiger partial charge is 0.0594 e. The van der Waals surface area contributed by atoms with Gasteiger partial charge in [-0.05, 0) is 35.3 Å². The highest BCUT2D eigenvalue weighted by Crippen LogP contribution is 2.35. The molecule has 2 fully saturated rings. The number of ether oxygens (including phenoxy) is 1. The Morgan fingerprint density at radius 1 is 1.43 bits per heavy atom. The molecule has 21 heavy (non-hydrogen) atoms. The maximum atomic E-state index is 6.08. The second kappa shape index (κ2) is 7.06. The number of aryl methyl sites for hydroxylation is 1. The van der Waals surface area contributed by atoms with E-state index in [0.29, 0.717) is 18.6 Å². The fourth-order valence-corrected chi connectivity index (χ4v) is 5.09. The van der Waals surface area contributed by atoms with E-state index in [0.717, 1.165) is 39.4 Å². The van der Waals surface area contributed by atoms with Crippen LogP contribution in [-0.2, 0) is 4.74 Å². The van der Waals surface area contributed by atoms with Gasteiger partial charge in [0.1, 0.15) is 0 Å². The number of morpholine rings is 1. The quantitative estimate of drug-likeness (QED) is 0.878. The highest BCUT2D eigenvalue weighted by atomic mass is 79.9. The Hall–Kier alpha value is 0.0200. The van der Waals surface area contributed by atoms with Gasteiger partial charge in [0.05, 0.1) is 19.3 Å². The molecule has 0 bridgehead atoms. The summed E-state index contributed by atoms with van der Waals surface area (Å²) >= 11 is 5.49. The molecule has 3 heterocycles. The fourth-order valence-electron chi connectivity index (χ4n) is 3.38. The highest BCUT2D eigenvalue weighted by molar-refractivity contribution is 9.10. The Labute approximate surface area is 139 Å². The van der Waals surface area contributed by atoms with Crippen molar-refractivity contribution in [3.05, 3.63) is 20.3 Å². The van der Waals surface area contributed by atoms with Gasteiger partial charge in [-0.15, -0.1) is 11.3 Å². The monoisotopic (exact) mass is 373 g/mol. The van der Waals surface area contributed by atoms with Gasteiger partial charge in [-0.25, -0.2) is 0 Å². The summed E-state index contributed by atoms with van der Waals surface area (Å²) < 4.78 is 6.67. The van der Waals surface area contributed by atoms with Crippen molar-refractivity contribution in [1.29, 1.82) is 0 Å². The molecule has 0 amide bonds. The zero-order chi connectivity index (χ0) is 14.8. The molecule has 0 aliphatic carbocycles. The number of halogens is 1. The van der Waals surface area contributed by atoms with Gasteiger partial charge in [-0.1, -0.05) is 0 Å². The summed E-state index contributed by atoms with van der Waals surface area (Å²) in [5, 5.41) is 0. The zero-order valence-corrected chi connectivity index (χ0v) is 15.0. The third-order valence-corrected chi connectivity index (χ3v) is 6.86. The normalized spacial score (nSPS) is 26.3. The lowest BCUT2D eigenvalue weighted by Crippen LogP contribution is -2.45. The van der Waals surface area contributed by atoms with Crippen LogP contribution in [0, 0.1) is 6.92 Å². The minimum Gasteiger partial charge on any atom is -0.379 e. The van der Waals surface area contributed by atoms with Crippen LogP contribution in [0.2, 0.25) is 0 Å². The molecule has 118 valence electrons. The number of thiophene rings is 1. The Bertz CT molecular complexity index is 456. The Morgan fingerprint density at radius 3 is 2.81 bits per heavy atom. The highest BCUT2D eigenvalue weighted by Gasteiger charge is 2.33. The van der Waals surface area contributed by atoms with E-state index in [2.05, 4.69) is 38.7 Å². The number of nitrogens with two attached hydrogens (primary N) is 1. The first-order chi connectivity index (χ1) is 10.2. The maximum Gasteiger partial charge on any atom is 0.0594 e. The van der Waals surface area contributed by atoms with Crippen LogP contribution in [0.15, 0.2) is 10.5 Å². The van der Waals surface area contributed by atoms with E-state index in [1.54, 1.807) is 0 Å². The Morgan fingerprint density at radius 2 is 2.19 bits per heavy atom. The number of hydrogen-bond donors (Lipinski definition) is 1. The molecule has 0 saturated carbocycles. The average Bonchev–Trinajstić information content (AvgIpc) is 3.10. The van der Waals surface area contributed by atoms with Gasteiger partial charge in [0.25, 0.3) is 0 Å². The van der Waals surface area contributed by atoms with E-state index in [1.807, 2.05) is 11.3 Å². The van der Waals surface area contributed by atoms with E-state index < -0.39 is 0 Å². The third-order valence-electron chi connectivity index (χ3n) is 4.63. The van der Waals surface area contributed by atoms with Crippen molar-refractivity contribution in [2.24, 2.45) is 5.73 Å². The largest absolute Gasteiger partial charge is 0.379 e. The van der Waals surface area contributed by atoms with Crippen molar-refractivity contribution >= 4 is 27.3 Å². The van der Waals surface area contributed by atoms with Crippen molar-refractivity contribution < 1.29 is 4.74 Å². The summed E-state index contributed by atoms with van der Waals surface area (Å²) in [7, 11) is 0. The van der Waals surface area contributed by atoms with E-state index in [4.69, 9.17) is 10.5 Å². The molecule has 2 N–H and O–H groups in total. The number of rotatable bonds is 4. The van der Waals surface area contributed by atoms with E-state index >= 15 is 0 Å². The summed E-state index contributed by atoms with van der Waals surface area (Å²) in [6, 6.07) is 3.29. The van der Waals surface area contributed by atoms with Crippen LogP contribution in [0.1, 0.15) is 22.2 Å². The predicted octanol–water partition coefficient (Wildman–Crippen LogP) is 2.23. The molecule has 2 saturated heterocycles. The van der Waals surface area contributed by atoms with Crippen LogP contribution in [0.3, 0.4) is 0 Å². The Kier molecular flexibility index (Phi) is 5.35. The van der Waals surface area contributed by atoms with Crippen LogP contribution in [0.5, 0.6) is 0 Å². The lowest BCUT2D eigenvalue weighted by Gasteiger charge is -2.33. The molecule has 0 aromatic carbocycles. The van der Waals surface area contributed by atoms with Crippen LogP contribution < -0.4 is 5.73 Å². The topological polar surface area (TPSA) is 41.7 Å². The number of hydrogen-bond acceptors (Lipinski definition) is 5. The standard InChI is InChI=1S/C15H24BrN3OS/c1-11-13(16)8-15(21-11)14(9-17)19-3-2-12(10-19)18-4-6-20-7-5-18/h8,12,14H,2-7,9-10,17H2,1H3. The zero-order valence-electron chi connectivity index (χ0n) is 12.6. The molecule has 3 rings (SSSR count). The van der Waals surface area contributed by atoms with Crippen molar-refractivity contribution in [1.82, 2.24) is 9.80 Å². The first-order valence-corrected chi connectivity index (χ1v) is 9.31. The second-order valence-corrected chi connectivity index (χ2v) is 8.03. The molecule has 1 aromatic rings. The third kappa shape index (κ3) is 3.51. The summed E-state index contributed by atoms with van der Waals surface area (Å²) in [6.45, 7) is 9.07. The lowest BCUT2D eigenvalue weighted by atomic mass is 10.2. The minimum atomic E-state index is 0.367. The van der Waals surface area contributed by atoms with Crippen LogP contribution in [-0.4, -0.2) is 61.8 Å². The molecular weight excluding hydrogens is 350 g/mol. The van der Waals surface area contributed by atoms with Crippen LogP contribution in [0.25, 0.3) is 0 Å². The van der Waals surface area contributed by atoms with Gasteiger partial charge in [0.15, 0.2) is 0 Å². The van der Waals surface area contributed by atoms with E-state index in [9.17, 15) is 0 Å². The number of nitrogens with zero attached hydrogens (tertiary/aromatic N) is 2. The minimum absolute atomic E-state index is 0.367. The molecule has 2 aliphatic rings. The van der Waals surface area contributed by atoms with Gasteiger partial charge >= 0.3 is 0 Å². The predicted molar refractivity (Wildman–Crippen MR) is 90.9 cm³/mol. The van der Waals surface area contributed by atoms with Crippen molar-refractivity contribution in [3.63, 3.8) is 0 Å².